The minimum absolute atomic E-state index is 0.0198. The van der Waals surface area contributed by atoms with Gasteiger partial charge in [-0.1, -0.05) is 0 Å². The lowest BCUT2D eigenvalue weighted by Gasteiger charge is -2.20. The van der Waals surface area contributed by atoms with Crippen LogP contribution < -0.4 is 10.6 Å². The summed E-state index contributed by atoms with van der Waals surface area (Å²) in [6, 6.07) is 8.75. The lowest BCUT2D eigenvalue weighted by Crippen LogP contribution is -2.27. The smallest absolute Gasteiger partial charge is 0.412 e. The third kappa shape index (κ3) is 5.56. The summed E-state index contributed by atoms with van der Waals surface area (Å²) >= 11 is 0. The number of nitriles is 2. The number of carbonyl (C=O) groups is 1. The van der Waals surface area contributed by atoms with Gasteiger partial charge in [0.15, 0.2) is 0 Å². The van der Waals surface area contributed by atoms with Crippen LogP contribution >= 0.6 is 0 Å². The molecular formula is C16H18N4O2. The van der Waals surface area contributed by atoms with Gasteiger partial charge in [-0.25, -0.2) is 4.79 Å². The quantitative estimate of drug-likeness (QED) is 0.829. The van der Waals surface area contributed by atoms with Crippen LogP contribution in [0.5, 0.6) is 0 Å². The molecule has 22 heavy (non-hydrogen) atoms. The fourth-order valence-corrected chi connectivity index (χ4v) is 1.55. The molecule has 6 nitrogen and oxygen atoms in total. The number of nitrogens with zero attached hydrogens (tertiary/aromatic N) is 2. The standard InChI is InChI=1S/C16H18N4O2/c1-11-7-13(19-10-12(8-17)9-18)5-6-14(11)20-15(21)22-16(2,3)4/h5-7,10,19H,1-4H3,(H,20,21). The summed E-state index contributed by atoms with van der Waals surface area (Å²) < 4.78 is 5.19. The largest absolute Gasteiger partial charge is 0.444 e. The van der Waals surface area contributed by atoms with Crippen molar-refractivity contribution in [1.82, 2.24) is 0 Å². The van der Waals surface area contributed by atoms with Crippen molar-refractivity contribution >= 4 is 17.5 Å². The van der Waals surface area contributed by atoms with Crippen molar-refractivity contribution in [2.75, 3.05) is 10.6 Å². The van der Waals surface area contributed by atoms with E-state index >= 15 is 0 Å². The van der Waals surface area contributed by atoms with E-state index < -0.39 is 11.7 Å². The number of nitrogens with one attached hydrogen (secondary N) is 2. The van der Waals surface area contributed by atoms with E-state index in [0.717, 1.165) is 5.56 Å². The second-order valence-corrected chi connectivity index (χ2v) is 5.58. The van der Waals surface area contributed by atoms with Gasteiger partial charge in [0.25, 0.3) is 0 Å². The first kappa shape index (κ1) is 17.1. The van der Waals surface area contributed by atoms with Crippen LogP contribution in [-0.4, -0.2) is 11.7 Å². The summed E-state index contributed by atoms with van der Waals surface area (Å²) in [5.41, 5.74) is 1.57. The van der Waals surface area contributed by atoms with Crippen LogP contribution in [0.2, 0.25) is 0 Å². The third-order valence-corrected chi connectivity index (χ3v) is 2.49. The molecule has 0 aliphatic heterocycles. The molecule has 0 heterocycles. The molecule has 0 spiro atoms. The monoisotopic (exact) mass is 298 g/mol. The molecule has 6 heteroatoms. The van der Waals surface area contributed by atoms with Crippen LogP contribution in [0, 0.1) is 29.6 Å². The number of aryl methyl sites for hydroxylation is 1. The number of amides is 1. The molecule has 2 N–H and O–H groups in total. The SMILES string of the molecule is Cc1cc(NC=C(C#N)C#N)ccc1NC(=O)OC(C)(C)C. The van der Waals surface area contributed by atoms with Crippen LogP contribution in [-0.2, 0) is 4.74 Å². The van der Waals surface area contributed by atoms with E-state index in [2.05, 4.69) is 10.6 Å². The van der Waals surface area contributed by atoms with Crippen LogP contribution in [0.1, 0.15) is 26.3 Å². The van der Waals surface area contributed by atoms with Crippen molar-refractivity contribution in [2.45, 2.75) is 33.3 Å². The molecule has 0 aromatic heterocycles. The van der Waals surface area contributed by atoms with Gasteiger partial charge in [-0.05, 0) is 51.5 Å². The normalized spacial score (nSPS) is 9.91. The molecule has 0 saturated carbocycles. The average molecular weight is 298 g/mol. The Kier molecular flexibility index (Phi) is 5.54. The Hall–Kier alpha value is -2.99. The average Bonchev–Trinajstić information content (AvgIpc) is 2.40. The molecule has 0 radical (unpaired) electrons. The van der Waals surface area contributed by atoms with Crippen molar-refractivity contribution in [3.05, 3.63) is 35.5 Å². The Labute approximate surface area is 130 Å². The van der Waals surface area contributed by atoms with Crippen LogP contribution in [0.15, 0.2) is 30.0 Å². The number of rotatable bonds is 3. The van der Waals surface area contributed by atoms with Crippen LogP contribution in [0.3, 0.4) is 0 Å². The zero-order valence-electron chi connectivity index (χ0n) is 13.0. The fourth-order valence-electron chi connectivity index (χ4n) is 1.55. The topological polar surface area (TPSA) is 97.9 Å². The van der Waals surface area contributed by atoms with Crippen LogP contribution in [0.25, 0.3) is 0 Å². The number of carbonyl (C=O) groups excluding carboxylic acids is 1. The molecule has 1 rings (SSSR count). The van der Waals surface area contributed by atoms with E-state index in [9.17, 15) is 4.79 Å². The van der Waals surface area contributed by atoms with E-state index in [0.29, 0.717) is 11.4 Å². The fraction of sp³-hybridized carbons (Fsp3) is 0.312. The highest BCUT2D eigenvalue weighted by molar-refractivity contribution is 5.86. The third-order valence-electron chi connectivity index (χ3n) is 2.49. The van der Waals surface area contributed by atoms with Gasteiger partial charge in [0.05, 0.1) is 0 Å². The molecule has 114 valence electrons. The van der Waals surface area contributed by atoms with Gasteiger partial charge in [-0.15, -0.1) is 0 Å². The molecule has 1 aromatic rings. The number of allylic oxidation sites excluding steroid dienone is 1. The summed E-state index contributed by atoms with van der Waals surface area (Å²) in [6.45, 7) is 7.21. The molecule has 0 unspecified atom stereocenters. The Bertz CT molecular complexity index is 657. The number of hydrogen-bond donors (Lipinski definition) is 2. The van der Waals surface area contributed by atoms with Gasteiger partial charge >= 0.3 is 6.09 Å². The minimum atomic E-state index is -0.560. The first-order valence-electron chi connectivity index (χ1n) is 6.62. The zero-order chi connectivity index (χ0) is 16.8. The van der Waals surface area contributed by atoms with Gasteiger partial charge in [-0.3, -0.25) is 5.32 Å². The number of anilines is 2. The van der Waals surface area contributed by atoms with Crippen molar-refractivity contribution in [3.8, 4) is 12.1 Å². The highest BCUT2D eigenvalue weighted by Gasteiger charge is 2.16. The maximum Gasteiger partial charge on any atom is 0.412 e. The van der Waals surface area contributed by atoms with Crippen molar-refractivity contribution in [3.63, 3.8) is 0 Å². The number of benzene rings is 1. The second kappa shape index (κ2) is 7.14. The number of hydrogen-bond acceptors (Lipinski definition) is 5. The van der Waals surface area contributed by atoms with E-state index in [-0.39, 0.29) is 5.57 Å². The second-order valence-electron chi connectivity index (χ2n) is 5.58. The first-order valence-corrected chi connectivity index (χ1v) is 6.62. The molecule has 1 aromatic carbocycles. The Morgan fingerprint density at radius 1 is 1.27 bits per heavy atom. The predicted octanol–water partition coefficient (Wildman–Crippen LogP) is 3.68. The van der Waals surface area contributed by atoms with Gasteiger partial charge in [0, 0.05) is 17.6 Å². The lowest BCUT2D eigenvalue weighted by molar-refractivity contribution is 0.0636. The zero-order valence-corrected chi connectivity index (χ0v) is 13.0. The Morgan fingerprint density at radius 2 is 1.91 bits per heavy atom. The summed E-state index contributed by atoms with van der Waals surface area (Å²) in [4.78, 5) is 11.7. The maximum absolute atomic E-state index is 11.7. The molecule has 0 fully saturated rings. The summed E-state index contributed by atoms with van der Waals surface area (Å²) in [7, 11) is 0. The molecule has 0 saturated heterocycles. The molecule has 0 atom stereocenters. The first-order chi connectivity index (χ1) is 10.2. The predicted molar refractivity (Wildman–Crippen MR) is 84.0 cm³/mol. The minimum Gasteiger partial charge on any atom is -0.444 e. The van der Waals surface area contributed by atoms with E-state index in [1.165, 1.54) is 6.20 Å². The van der Waals surface area contributed by atoms with Gasteiger partial charge < -0.3 is 10.1 Å². The molecule has 0 aliphatic carbocycles. The van der Waals surface area contributed by atoms with Gasteiger partial charge in [-0.2, -0.15) is 10.5 Å². The Morgan fingerprint density at radius 3 is 2.41 bits per heavy atom. The summed E-state index contributed by atoms with van der Waals surface area (Å²) in [5, 5.41) is 22.8. The summed E-state index contributed by atoms with van der Waals surface area (Å²) in [6.07, 6.45) is 0.808. The van der Waals surface area contributed by atoms with Crippen molar-refractivity contribution < 1.29 is 9.53 Å². The lowest BCUT2D eigenvalue weighted by atomic mass is 10.1. The molecule has 0 aliphatic rings. The highest BCUT2D eigenvalue weighted by atomic mass is 16.6. The summed E-state index contributed by atoms with van der Waals surface area (Å²) in [5.74, 6) is 0. The maximum atomic E-state index is 11.7. The number of ether oxygens (including phenoxy) is 1. The molecular weight excluding hydrogens is 280 g/mol. The van der Waals surface area contributed by atoms with Crippen molar-refractivity contribution in [1.29, 1.82) is 10.5 Å². The van der Waals surface area contributed by atoms with E-state index in [4.69, 9.17) is 15.3 Å². The Balaban J connectivity index is 2.79. The van der Waals surface area contributed by atoms with E-state index in [1.807, 2.05) is 6.92 Å². The van der Waals surface area contributed by atoms with Crippen LogP contribution in [0.4, 0.5) is 16.2 Å². The van der Waals surface area contributed by atoms with E-state index in [1.54, 1.807) is 51.1 Å². The molecule has 0 bridgehead atoms. The highest BCUT2D eigenvalue weighted by Crippen LogP contribution is 2.21. The molecule has 1 amide bonds. The van der Waals surface area contributed by atoms with Gasteiger partial charge in [0.2, 0.25) is 0 Å². The van der Waals surface area contributed by atoms with Crippen molar-refractivity contribution in [2.24, 2.45) is 0 Å². The van der Waals surface area contributed by atoms with Gasteiger partial charge in [0.1, 0.15) is 23.3 Å².